The number of benzene rings is 1. The van der Waals surface area contributed by atoms with Crippen LogP contribution in [-0.4, -0.2) is 19.6 Å². The maximum Gasteiger partial charge on any atom is 0.234 e. The Morgan fingerprint density at radius 1 is 1.17 bits per heavy atom. The molecule has 0 spiro atoms. The van der Waals surface area contributed by atoms with E-state index in [1.165, 1.54) is 5.56 Å². The lowest BCUT2D eigenvalue weighted by atomic mass is 10.1. The van der Waals surface area contributed by atoms with Crippen LogP contribution in [0.1, 0.15) is 11.3 Å². The van der Waals surface area contributed by atoms with Gasteiger partial charge in [0.15, 0.2) is 0 Å². The highest BCUT2D eigenvalue weighted by atomic mass is 16.3. The number of hydrogen-bond donors (Lipinski definition) is 1. The molecule has 18 heavy (non-hydrogen) atoms. The SMILES string of the molecule is Cc1cccc2c1cc(CO)n2-c1ncccn1. The van der Waals surface area contributed by atoms with Gasteiger partial charge in [-0.15, -0.1) is 0 Å². The minimum absolute atomic E-state index is 0.0353. The van der Waals surface area contributed by atoms with Crippen molar-refractivity contribution in [2.24, 2.45) is 0 Å². The van der Waals surface area contributed by atoms with Crippen molar-refractivity contribution in [3.05, 3.63) is 54.0 Å². The van der Waals surface area contributed by atoms with Gasteiger partial charge in [-0.05, 0) is 30.7 Å². The summed E-state index contributed by atoms with van der Waals surface area (Å²) in [5.74, 6) is 0.585. The van der Waals surface area contributed by atoms with Crippen LogP contribution in [0.2, 0.25) is 0 Å². The highest BCUT2D eigenvalue weighted by Gasteiger charge is 2.12. The van der Waals surface area contributed by atoms with Gasteiger partial charge in [-0.25, -0.2) is 9.97 Å². The van der Waals surface area contributed by atoms with Crippen LogP contribution in [0.15, 0.2) is 42.7 Å². The molecule has 0 radical (unpaired) electrons. The second-order valence-electron chi connectivity index (χ2n) is 4.19. The number of fused-ring (bicyclic) bond motifs is 1. The van der Waals surface area contributed by atoms with Crippen molar-refractivity contribution in [1.29, 1.82) is 0 Å². The Bertz CT molecular complexity index is 689. The molecule has 4 nitrogen and oxygen atoms in total. The van der Waals surface area contributed by atoms with Gasteiger partial charge < -0.3 is 5.11 Å². The molecule has 0 bridgehead atoms. The molecule has 0 fully saturated rings. The average molecular weight is 239 g/mol. The van der Waals surface area contributed by atoms with E-state index in [2.05, 4.69) is 23.0 Å². The van der Waals surface area contributed by atoms with Crippen LogP contribution in [0.25, 0.3) is 16.9 Å². The first-order valence-corrected chi connectivity index (χ1v) is 5.79. The molecular weight excluding hydrogens is 226 g/mol. The lowest BCUT2D eigenvalue weighted by Crippen LogP contribution is -2.04. The Labute approximate surface area is 105 Å². The fourth-order valence-electron chi connectivity index (χ4n) is 2.19. The van der Waals surface area contributed by atoms with E-state index in [0.29, 0.717) is 5.95 Å². The molecule has 0 unspecified atom stereocenters. The summed E-state index contributed by atoms with van der Waals surface area (Å²) in [5, 5.41) is 10.6. The monoisotopic (exact) mass is 239 g/mol. The number of nitrogens with zero attached hydrogens (tertiary/aromatic N) is 3. The number of aliphatic hydroxyl groups excluding tert-OH is 1. The summed E-state index contributed by atoms with van der Waals surface area (Å²) >= 11 is 0. The minimum atomic E-state index is -0.0353. The Kier molecular flexibility index (Phi) is 2.57. The molecule has 0 aliphatic carbocycles. The molecule has 0 aliphatic heterocycles. The summed E-state index contributed by atoms with van der Waals surface area (Å²) < 4.78 is 1.89. The fourth-order valence-corrected chi connectivity index (χ4v) is 2.19. The van der Waals surface area contributed by atoms with Crippen molar-refractivity contribution < 1.29 is 5.11 Å². The Hall–Kier alpha value is -2.20. The molecule has 0 atom stereocenters. The van der Waals surface area contributed by atoms with E-state index in [-0.39, 0.29) is 6.61 Å². The molecular formula is C14H13N3O. The van der Waals surface area contributed by atoms with Crippen LogP contribution in [0, 0.1) is 6.92 Å². The Morgan fingerprint density at radius 3 is 2.67 bits per heavy atom. The summed E-state index contributed by atoms with van der Waals surface area (Å²) in [6.45, 7) is 2.02. The highest BCUT2D eigenvalue weighted by Crippen LogP contribution is 2.25. The molecule has 90 valence electrons. The summed E-state index contributed by atoms with van der Waals surface area (Å²) in [5.41, 5.74) is 2.99. The van der Waals surface area contributed by atoms with E-state index >= 15 is 0 Å². The maximum atomic E-state index is 9.50. The molecule has 2 heterocycles. The third-order valence-corrected chi connectivity index (χ3v) is 3.05. The molecule has 0 aliphatic rings. The van der Waals surface area contributed by atoms with Crippen molar-refractivity contribution in [3.63, 3.8) is 0 Å². The van der Waals surface area contributed by atoms with Crippen LogP contribution >= 0.6 is 0 Å². The Morgan fingerprint density at radius 2 is 1.94 bits per heavy atom. The smallest absolute Gasteiger partial charge is 0.234 e. The molecule has 0 amide bonds. The number of hydrogen-bond acceptors (Lipinski definition) is 3. The van der Waals surface area contributed by atoms with Crippen molar-refractivity contribution in [3.8, 4) is 5.95 Å². The zero-order valence-electron chi connectivity index (χ0n) is 10.0. The van der Waals surface area contributed by atoms with Crippen molar-refractivity contribution in [1.82, 2.24) is 14.5 Å². The van der Waals surface area contributed by atoms with Crippen molar-refractivity contribution in [2.45, 2.75) is 13.5 Å². The lowest BCUT2D eigenvalue weighted by molar-refractivity contribution is 0.275. The number of aryl methyl sites for hydroxylation is 1. The number of aromatic nitrogens is 3. The molecule has 1 N–H and O–H groups in total. The zero-order chi connectivity index (χ0) is 12.5. The molecule has 3 aromatic rings. The Balaban J connectivity index is 2.37. The van der Waals surface area contributed by atoms with Gasteiger partial charge in [0.1, 0.15) is 0 Å². The third-order valence-electron chi connectivity index (χ3n) is 3.05. The largest absolute Gasteiger partial charge is 0.390 e. The fraction of sp³-hybridized carbons (Fsp3) is 0.143. The second-order valence-corrected chi connectivity index (χ2v) is 4.19. The predicted molar refractivity (Wildman–Crippen MR) is 69.5 cm³/mol. The minimum Gasteiger partial charge on any atom is -0.390 e. The van der Waals surface area contributed by atoms with Gasteiger partial charge in [0.05, 0.1) is 17.8 Å². The predicted octanol–water partition coefficient (Wildman–Crippen LogP) is 2.22. The standard InChI is InChI=1S/C14H13N3O/c1-10-4-2-5-13-12(10)8-11(9-18)17(13)14-15-6-3-7-16-14/h2-8,18H,9H2,1H3. The van der Waals surface area contributed by atoms with Gasteiger partial charge in [-0.2, -0.15) is 0 Å². The van der Waals surface area contributed by atoms with Crippen LogP contribution < -0.4 is 0 Å². The molecule has 0 saturated carbocycles. The third kappa shape index (κ3) is 1.58. The van der Waals surface area contributed by atoms with E-state index < -0.39 is 0 Å². The van der Waals surface area contributed by atoms with Gasteiger partial charge in [0.2, 0.25) is 5.95 Å². The van der Waals surface area contributed by atoms with Gasteiger partial charge in [-0.1, -0.05) is 12.1 Å². The van der Waals surface area contributed by atoms with Crippen molar-refractivity contribution in [2.75, 3.05) is 0 Å². The first kappa shape index (κ1) is 10.9. The number of rotatable bonds is 2. The summed E-state index contributed by atoms with van der Waals surface area (Å²) in [7, 11) is 0. The summed E-state index contributed by atoms with van der Waals surface area (Å²) in [6.07, 6.45) is 3.40. The van der Waals surface area contributed by atoms with Crippen LogP contribution in [0.5, 0.6) is 0 Å². The van der Waals surface area contributed by atoms with Gasteiger partial charge in [0, 0.05) is 17.8 Å². The van der Waals surface area contributed by atoms with Crippen LogP contribution in [-0.2, 0) is 6.61 Å². The molecule has 0 saturated heterocycles. The first-order valence-electron chi connectivity index (χ1n) is 5.79. The quantitative estimate of drug-likeness (QED) is 0.746. The normalized spacial score (nSPS) is 11.0. The zero-order valence-corrected chi connectivity index (χ0v) is 10.0. The first-order chi connectivity index (χ1) is 8.81. The van der Waals surface area contributed by atoms with Gasteiger partial charge in [0.25, 0.3) is 0 Å². The summed E-state index contributed by atoms with van der Waals surface area (Å²) in [6, 6.07) is 9.83. The van der Waals surface area contributed by atoms with Gasteiger partial charge >= 0.3 is 0 Å². The van der Waals surface area contributed by atoms with E-state index in [4.69, 9.17) is 0 Å². The maximum absolute atomic E-state index is 9.50. The summed E-state index contributed by atoms with van der Waals surface area (Å²) in [4.78, 5) is 8.50. The highest BCUT2D eigenvalue weighted by molar-refractivity contribution is 5.85. The van der Waals surface area contributed by atoms with E-state index in [1.54, 1.807) is 18.5 Å². The lowest BCUT2D eigenvalue weighted by Gasteiger charge is -2.06. The van der Waals surface area contributed by atoms with Crippen LogP contribution in [0.4, 0.5) is 0 Å². The molecule has 4 heteroatoms. The topological polar surface area (TPSA) is 50.9 Å². The van der Waals surface area contributed by atoms with E-state index in [9.17, 15) is 5.11 Å². The number of aliphatic hydroxyl groups is 1. The van der Waals surface area contributed by atoms with Crippen LogP contribution in [0.3, 0.4) is 0 Å². The van der Waals surface area contributed by atoms with Gasteiger partial charge in [-0.3, -0.25) is 4.57 Å². The molecule has 3 rings (SSSR count). The van der Waals surface area contributed by atoms with E-state index in [1.807, 2.05) is 22.8 Å². The molecule has 2 aromatic heterocycles. The second kappa shape index (κ2) is 4.23. The molecule has 1 aromatic carbocycles. The van der Waals surface area contributed by atoms with Crippen molar-refractivity contribution >= 4 is 10.9 Å². The van der Waals surface area contributed by atoms with E-state index in [0.717, 1.165) is 16.6 Å². The average Bonchev–Trinajstić information content (AvgIpc) is 2.80.